The zero-order valence-corrected chi connectivity index (χ0v) is 21.9. The van der Waals surface area contributed by atoms with Crippen molar-refractivity contribution in [3.8, 4) is 0 Å². The van der Waals surface area contributed by atoms with Crippen LogP contribution < -0.4 is 0 Å². The van der Waals surface area contributed by atoms with Gasteiger partial charge in [-0.15, -0.1) is 13.2 Å². The van der Waals surface area contributed by atoms with Crippen LogP contribution in [0.4, 0.5) is 0 Å². The van der Waals surface area contributed by atoms with E-state index >= 15 is 0 Å². The van der Waals surface area contributed by atoms with E-state index < -0.39 is 41.1 Å². The number of unbranched alkanes of at least 4 members (excludes halogenated alkanes) is 1. The van der Waals surface area contributed by atoms with Crippen molar-refractivity contribution in [2.24, 2.45) is 17.8 Å². The number of allylic oxidation sites excluding steroid dienone is 1. The molecule has 196 valence electrons. The number of carbonyl (C=O) groups is 3. The number of amides is 2. The van der Waals surface area contributed by atoms with Crippen molar-refractivity contribution in [2.45, 2.75) is 89.6 Å². The monoisotopic (exact) mass is 490 g/mol. The second-order valence-electron chi connectivity index (χ2n) is 10.7. The number of hydrogen-bond acceptors (Lipinski definition) is 6. The number of carbonyl (C=O) groups excluding carboxylic acids is 3. The second kappa shape index (κ2) is 10.4. The van der Waals surface area contributed by atoms with Gasteiger partial charge >= 0.3 is 5.97 Å². The molecule has 3 unspecified atom stereocenters. The molecule has 8 heteroatoms. The average Bonchev–Trinajstić information content (AvgIpc) is 3.32. The first-order valence-corrected chi connectivity index (χ1v) is 12.9. The smallest absolute Gasteiger partial charge is 0.312 e. The van der Waals surface area contributed by atoms with Crippen molar-refractivity contribution in [3.63, 3.8) is 0 Å². The van der Waals surface area contributed by atoms with E-state index in [1.165, 1.54) is 4.90 Å². The number of ether oxygens (including phenoxy) is 2. The highest BCUT2D eigenvalue weighted by molar-refractivity contribution is 5.99. The average molecular weight is 491 g/mol. The summed E-state index contributed by atoms with van der Waals surface area (Å²) in [7, 11) is 0. The first kappa shape index (κ1) is 27.4. The van der Waals surface area contributed by atoms with E-state index in [4.69, 9.17) is 9.47 Å². The number of likely N-dealkylation sites (tertiary alicyclic amines) is 1. The summed E-state index contributed by atoms with van der Waals surface area (Å²) in [6.45, 7) is 17.4. The Hall–Kier alpha value is -2.19. The Labute approximate surface area is 209 Å². The molecule has 0 radical (unpaired) electrons. The summed E-state index contributed by atoms with van der Waals surface area (Å²) >= 11 is 0. The van der Waals surface area contributed by atoms with Gasteiger partial charge in [0, 0.05) is 12.6 Å². The predicted octanol–water partition coefficient (Wildman–Crippen LogP) is 2.70. The van der Waals surface area contributed by atoms with Crippen LogP contribution in [0.5, 0.6) is 0 Å². The summed E-state index contributed by atoms with van der Waals surface area (Å²) in [5, 5.41) is 10.2. The van der Waals surface area contributed by atoms with E-state index in [2.05, 4.69) is 13.2 Å². The van der Waals surface area contributed by atoms with Gasteiger partial charge < -0.3 is 24.4 Å². The molecule has 0 aromatic heterocycles. The summed E-state index contributed by atoms with van der Waals surface area (Å²) in [5.41, 5.74) is -2.06. The zero-order chi connectivity index (χ0) is 26.1. The van der Waals surface area contributed by atoms with Crippen molar-refractivity contribution in [2.75, 3.05) is 19.8 Å². The quantitative estimate of drug-likeness (QED) is 0.257. The van der Waals surface area contributed by atoms with Crippen LogP contribution in [0.3, 0.4) is 0 Å². The molecule has 0 aromatic carbocycles. The lowest BCUT2D eigenvalue weighted by Crippen LogP contribution is -2.59. The summed E-state index contributed by atoms with van der Waals surface area (Å²) in [6, 6.07) is -1.61. The third-order valence-corrected chi connectivity index (χ3v) is 8.34. The Kier molecular flexibility index (Phi) is 8.16. The van der Waals surface area contributed by atoms with Gasteiger partial charge in [-0.3, -0.25) is 14.4 Å². The molecule has 0 saturated carbocycles. The van der Waals surface area contributed by atoms with Crippen LogP contribution in [0.1, 0.15) is 60.3 Å². The predicted molar refractivity (Wildman–Crippen MR) is 132 cm³/mol. The van der Waals surface area contributed by atoms with E-state index in [0.717, 1.165) is 6.42 Å². The number of hydrogen-bond donors (Lipinski definition) is 1. The van der Waals surface area contributed by atoms with Gasteiger partial charge in [-0.1, -0.05) is 26.0 Å². The van der Waals surface area contributed by atoms with Gasteiger partial charge in [0.1, 0.15) is 17.6 Å². The van der Waals surface area contributed by atoms with E-state index in [1.807, 2.05) is 34.6 Å². The lowest BCUT2D eigenvalue weighted by Gasteiger charge is -2.40. The second-order valence-corrected chi connectivity index (χ2v) is 10.7. The summed E-state index contributed by atoms with van der Waals surface area (Å²) in [6.07, 6.45) is 5.76. The Morgan fingerprint density at radius 2 is 2.03 bits per heavy atom. The van der Waals surface area contributed by atoms with Gasteiger partial charge in [0.15, 0.2) is 0 Å². The van der Waals surface area contributed by atoms with Crippen molar-refractivity contribution < 1.29 is 29.0 Å². The van der Waals surface area contributed by atoms with Crippen LogP contribution in [0.2, 0.25) is 0 Å². The fourth-order valence-corrected chi connectivity index (χ4v) is 6.46. The minimum atomic E-state index is -1.15. The highest BCUT2D eigenvalue weighted by Crippen LogP contribution is 2.65. The van der Waals surface area contributed by atoms with Crippen molar-refractivity contribution in [1.82, 2.24) is 9.80 Å². The third kappa shape index (κ3) is 4.22. The van der Waals surface area contributed by atoms with Crippen LogP contribution in [0.15, 0.2) is 25.3 Å². The molecule has 7 atom stereocenters. The summed E-state index contributed by atoms with van der Waals surface area (Å²) < 4.78 is 12.3. The lowest BCUT2D eigenvalue weighted by molar-refractivity contribution is -0.164. The van der Waals surface area contributed by atoms with Crippen molar-refractivity contribution in [3.05, 3.63) is 25.3 Å². The highest BCUT2D eigenvalue weighted by Gasteiger charge is 2.80. The van der Waals surface area contributed by atoms with Crippen LogP contribution in [-0.2, 0) is 23.9 Å². The Morgan fingerprint density at radius 3 is 2.57 bits per heavy atom. The van der Waals surface area contributed by atoms with Gasteiger partial charge in [0.25, 0.3) is 0 Å². The van der Waals surface area contributed by atoms with Gasteiger partial charge in [0.05, 0.1) is 30.8 Å². The van der Waals surface area contributed by atoms with Gasteiger partial charge in [-0.05, 0) is 52.4 Å². The molecule has 0 aromatic rings. The minimum absolute atomic E-state index is 0.0615. The molecular formula is C27H42N2O6. The molecule has 3 heterocycles. The Balaban J connectivity index is 2.09. The molecule has 2 bridgehead atoms. The van der Waals surface area contributed by atoms with Crippen LogP contribution in [-0.4, -0.2) is 81.8 Å². The number of aliphatic hydroxyl groups is 1. The Morgan fingerprint density at radius 1 is 1.34 bits per heavy atom. The zero-order valence-electron chi connectivity index (χ0n) is 21.9. The lowest BCUT2D eigenvalue weighted by atomic mass is 9.62. The maximum Gasteiger partial charge on any atom is 0.312 e. The van der Waals surface area contributed by atoms with E-state index in [1.54, 1.807) is 17.1 Å². The minimum Gasteiger partial charge on any atom is -0.465 e. The molecule has 2 amide bonds. The molecule has 8 nitrogen and oxygen atoms in total. The van der Waals surface area contributed by atoms with E-state index in [-0.39, 0.29) is 37.0 Å². The normalized spacial score (nSPS) is 34.1. The van der Waals surface area contributed by atoms with Crippen LogP contribution in [0.25, 0.3) is 0 Å². The number of aliphatic hydroxyl groups excluding tert-OH is 1. The molecule has 0 aliphatic carbocycles. The standard InChI is InChI=1S/C27H42N2O6/c1-8-11-12-14-34-25(33)21-20-23(31)29(19(10-3)16-30)22(24(32)28(13-9-2)17(4)5)27(20)15-18(6)26(21,7)35-27/h8-9,17-22,30H,1-2,10-16H2,3-7H3/t18?,19-,20-,21+,22?,26-,27?/m0/s1. The molecular weight excluding hydrogens is 448 g/mol. The number of nitrogens with zero attached hydrogens (tertiary/aromatic N) is 2. The third-order valence-electron chi connectivity index (χ3n) is 8.34. The SMILES string of the molecule is C=CCCCOC(=O)[C@H]1[C@H]2C(=O)N([C@@H](CC)CO)C(C(=O)N(CC=C)C(C)C)C23CC(C)[C@]1(C)O3. The summed E-state index contributed by atoms with van der Waals surface area (Å²) in [5.74, 6) is -2.71. The van der Waals surface area contributed by atoms with Gasteiger partial charge in [0.2, 0.25) is 11.8 Å². The molecule has 3 fully saturated rings. The molecule has 35 heavy (non-hydrogen) atoms. The number of fused-ring (bicyclic) bond motifs is 1. The van der Waals surface area contributed by atoms with Crippen molar-refractivity contribution in [1.29, 1.82) is 0 Å². The van der Waals surface area contributed by atoms with Crippen LogP contribution in [0, 0.1) is 17.8 Å². The number of esters is 1. The van der Waals surface area contributed by atoms with Gasteiger partial charge in [-0.2, -0.15) is 0 Å². The van der Waals surface area contributed by atoms with Crippen molar-refractivity contribution >= 4 is 17.8 Å². The first-order valence-electron chi connectivity index (χ1n) is 12.9. The molecule has 3 aliphatic rings. The van der Waals surface area contributed by atoms with E-state index in [9.17, 15) is 19.5 Å². The number of rotatable bonds is 12. The molecule has 3 saturated heterocycles. The van der Waals surface area contributed by atoms with E-state index in [0.29, 0.717) is 25.8 Å². The fraction of sp³-hybridized carbons (Fsp3) is 0.741. The summed E-state index contributed by atoms with van der Waals surface area (Å²) in [4.78, 5) is 44.8. The van der Waals surface area contributed by atoms with Crippen LogP contribution >= 0.6 is 0 Å². The molecule has 1 N–H and O–H groups in total. The molecule has 3 rings (SSSR count). The van der Waals surface area contributed by atoms with Gasteiger partial charge in [-0.25, -0.2) is 0 Å². The molecule has 3 aliphatic heterocycles. The topological polar surface area (TPSA) is 96.4 Å². The maximum absolute atomic E-state index is 14.1. The highest BCUT2D eigenvalue weighted by atomic mass is 16.6. The Bertz CT molecular complexity index is 855. The first-order chi connectivity index (χ1) is 16.5. The maximum atomic E-state index is 14.1. The molecule has 1 spiro atoms. The fourth-order valence-electron chi connectivity index (χ4n) is 6.46. The largest absolute Gasteiger partial charge is 0.465 e.